The average molecular weight is 681 g/mol. The van der Waals surface area contributed by atoms with Gasteiger partial charge in [-0.1, -0.05) is 36.7 Å². The van der Waals surface area contributed by atoms with Gasteiger partial charge < -0.3 is 19.7 Å². The van der Waals surface area contributed by atoms with Crippen LogP contribution >= 0.6 is 11.6 Å². The summed E-state index contributed by atoms with van der Waals surface area (Å²) in [6.45, 7) is 3.88. The molecule has 2 aromatic rings. The predicted molar refractivity (Wildman–Crippen MR) is 187 cm³/mol. The molecule has 2 fully saturated rings. The molecule has 1 N–H and O–H groups in total. The molecule has 252 valence electrons. The number of aryl methyl sites for hydroxylation is 1. The van der Waals surface area contributed by atoms with Gasteiger partial charge in [0.15, 0.2) is 0 Å². The van der Waals surface area contributed by atoms with Crippen LogP contribution in [0.25, 0.3) is 0 Å². The molecule has 3 amide bonds. The highest BCUT2D eigenvalue weighted by molar-refractivity contribution is 8.06. The normalized spacial score (nSPS) is 29.3. The molecule has 6 rings (SSSR count). The number of carbonyl (C=O) groups excluding carboxylic acids is 2. The SMILES string of the molecule is CO[C@H]1/C=C/C[C@H](C)CS(=O)(C=NC(=O)NC2CC2)=NC(=O)c2ccc3c(c2)N(Cc2ccc(Cl)cc2CCCCO3)C[C@@H]2CC[C@H]21. The highest BCUT2D eigenvalue weighted by Gasteiger charge is 2.38. The van der Waals surface area contributed by atoms with Crippen molar-refractivity contribution in [2.75, 3.05) is 30.9 Å². The van der Waals surface area contributed by atoms with Crippen molar-refractivity contribution >= 4 is 44.5 Å². The van der Waals surface area contributed by atoms with E-state index in [9.17, 15) is 13.8 Å². The Morgan fingerprint density at radius 3 is 2.77 bits per heavy atom. The van der Waals surface area contributed by atoms with Crippen molar-refractivity contribution < 1.29 is 23.3 Å². The maximum absolute atomic E-state index is 14.2. The summed E-state index contributed by atoms with van der Waals surface area (Å²) in [6, 6.07) is 11.0. The van der Waals surface area contributed by atoms with Crippen LogP contribution < -0.4 is 15.0 Å². The molecule has 2 saturated carbocycles. The molecule has 2 bridgehead atoms. The molecule has 2 aromatic carbocycles. The van der Waals surface area contributed by atoms with Crippen LogP contribution in [0, 0.1) is 17.8 Å². The number of rotatable bonds is 3. The molecule has 9 nitrogen and oxygen atoms in total. The van der Waals surface area contributed by atoms with Gasteiger partial charge >= 0.3 is 6.03 Å². The lowest BCUT2D eigenvalue weighted by Crippen LogP contribution is -2.43. The second-order valence-corrected chi connectivity index (χ2v) is 16.0. The van der Waals surface area contributed by atoms with Crippen molar-refractivity contribution in [3.8, 4) is 5.75 Å². The zero-order chi connectivity index (χ0) is 33.0. The fraction of sp³-hybridized carbons (Fsp3) is 0.528. The number of urea groups is 1. The number of allylic oxidation sites excluding steroid dienone is 1. The van der Waals surface area contributed by atoms with E-state index in [4.69, 9.17) is 21.1 Å². The van der Waals surface area contributed by atoms with E-state index in [0.717, 1.165) is 67.7 Å². The van der Waals surface area contributed by atoms with Gasteiger partial charge in [0.1, 0.15) is 11.3 Å². The van der Waals surface area contributed by atoms with Crippen molar-refractivity contribution in [1.82, 2.24) is 5.32 Å². The smallest absolute Gasteiger partial charge is 0.341 e. The van der Waals surface area contributed by atoms with Gasteiger partial charge in [-0.15, -0.1) is 0 Å². The van der Waals surface area contributed by atoms with Crippen molar-refractivity contribution in [2.24, 2.45) is 27.1 Å². The van der Waals surface area contributed by atoms with Crippen LogP contribution in [0.2, 0.25) is 5.02 Å². The van der Waals surface area contributed by atoms with Gasteiger partial charge in [-0.25, -0.2) is 9.00 Å². The number of nitrogens with one attached hydrogen (secondary N) is 1. The van der Waals surface area contributed by atoms with Crippen LogP contribution in [-0.4, -0.2) is 59.9 Å². The third-order valence-electron chi connectivity index (χ3n) is 9.66. The van der Waals surface area contributed by atoms with Crippen LogP contribution in [0.4, 0.5) is 10.5 Å². The molecule has 0 spiro atoms. The van der Waals surface area contributed by atoms with Gasteiger partial charge in [0.25, 0.3) is 5.91 Å². The number of hydrogen-bond acceptors (Lipinski definition) is 6. The van der Waals surface area contributed by atoms with E-state index in [1.807, 2.05) is 25.1 Å². The number of amides is 3. The van der Waals surface area contributed by atoms with Crippen LogP contribution in [-0.2, 0) is 27.4 Å². The second-order valence-electron chi connectivity index (χ2n) is 13.5. The lowest BCUT2D eigenvalue weighted by atomic mass is 9.70. The van der Waals surface area contributed by atoms with E-state index >= 15 is 0 Å². The summed E-state index contributed by atoms with van der Waals surface area (Å²) in [5.41, 5.74) is 4.61. The first-order valence-corrected chi connectivity index (χ1v) is 18.9. The van der Waals surface area contributed by atoms with E-state index in [1.165, 1.54) is 11.1 Å². The summed E-state index contributed by atoms with van der Waals surface area (Å²) >= 11 is 6.45. The molecule has 47 heavy (non-hydrogen) atoms. The van der Waals surface area contributed by atoms with Crippen molar-refractivity contribution in [3.05, 3.63) is 70.3 Å². The number of anilines is 1. The quantitative estimate of drug-likeness (QED) is 0.209. The Kier molecular flexibility index (Phi) is 10.7. The lowest BCUT2D eigenvalue weighted by Gasteiger charge is -2.43. The Labute approximate surface area is 283 Å². The molecule has 5 atom stereocenters. The largest absolute Gasteiger partial charge is 0.491 e. The monoisotopic (exact) mass is 680 g/mol. The summed E-state index contributed by atoms with van der Waals surface area (Å²) < 4.78 is 30.9. The predicted octanol–water partition coefficient (Wildman–Crippen LogP) is 7.21. The Morgan fingerprint density at radius 2 is 2.00 bits per heavy atom. The minimum absolute atomic E-state index is 0.0470. The fourth-order valence-corrected chi connectivity index (χ4v) is 8.78. The molecule has 1 unspecified atom stereocenters. The number of halogens is 1. The number of nitrogens with zero attached hydrogens (tertiary/aromatic N) is 3. The highest BCUT2D eigenvalue weighted by Crippen LogP contribution is 2.42. The van der Waals surface area contributed by atoms with E-state index in [0.29, 0.717) is 42.7 Å². The van der Waals surface area contributed by atoms with Gasteiger partial charge in [-0.3, -0.25) is 4.79 Å². The lowest BCUT2D eigenvalue weighted by molar-refractivity contribution is 0.0133. The summed E-state index contributed by atoms with van der Waals surface area (Å²) in [5, 5.41) is 3.50. The third-order valence-corrected chi connectivity index (χ3v) is 11.9. The first-order valence-electron chi connectivity index (χ1n) is 16.8. The van der Waals surface area contributed by atoms with Crippen molar-refractivity contribution in [1.29, 1.82) is 0 Å². The van der Waals surface area contributed by atoms with Gasteiger partial charge in [-0.05, 0) is 111 Å². The molecule has 0 saturated heterocycles. The van der Waals surface area contributed by atoms with Crippen molar-refractivity contribution in [2.45, 2.75) is 77.0 Å². The topological polar surface area (TPSA) is 110 Å². The first kappa shape index (κ1) is 33.7. The summed E-state index contributed by atoms with van der Waals surface area (Å²) in [6.07, 6.45) is 11.5. The molecular formula is C36H45ClN4O5S. The minimum Gasteiger partial charge on any atom is -0.491 e. The first-order chi connectivity index (χ1) is 22.7. The minimum atomic E-state index is -3.31. The van der Waals surface area contributed by atoms with Gasteiger partial charge in [-0.2, -0.15) is 9.36 Å². The van der Waals surface area contributed by atoms with Crippen molar-refractivity contribution in [3.63, 3.8) is 0 Å². The Hall–Kier alpha value is -3.21. The van der Waals surface area contributed by atoms with Gasteiger partial charge in [0.2, 0.25) is 0 Å². The molecular weight excluding hydrogens is 636 g/mol. The molecule has 11 heteroatoms. The molecule has 4 aliphatic rings. The van der Waals surface area contributed by atoms with Gasteiger partial charge in [0.05, 0.1) is 28.1 Å². The maximum atomic E-state index is 14.2. The number of aliphatic imine (C=N–C) groups is 1. The summed E-state index contributed by atoms with van der Waals surface area (Å²) in [7, 11) is -1.55. The Balaban J connectivity index is 1.44. The standard InChI is InChI=1S/C36H45ClN4O5S/c1-24-6-5-8-33(45-2)31-15-10-28(31)21-41-20-27-9-12-29(37)18-25(27)7-3-4-17-46-34-16-11-26(19-32(34)41)35(42)40-47(44,22-24)23-38-36(43)39-30-13-14-30/h5,8-9,11-12,16,18-19,23-24,28,30-31,33H,3-4,6-7,10,13-15,17,20-22H2,1-2H3,(H,39,43)/b8-5+,38-23?/t24-,28-,31+,33-,47?/m0/s1. The average Bonchev–Trinajstić information content (AvgIpc) is 3.85. The molecule has 2 aliphatic carbocycles. The summed E-state index contributed by atoms with van der Waals surface area (Å²) in [5.74, 6) is 0.820. The summed E-state index contributed by atoms with van der Waals surface area (Å²) in [4.78, 5) is 32.5. The zero-order valence-corrected chi connectivity index (χ0v) is 28.8. The van der Waals surface area contributed by atoms with E-state index < -0.39 is 21.7 Å². The Bertz CT molecular complexity index is 1660. The second kappa shape index (κ2) is 14.9. The third kappa shape index (κ3) is 8.64. The molecule has 2 aliphatic heterocycles. The van der Waals surface area contributed by atoms with Crippen LogP contribution in [0.3, 0.4) is 0 Å². The maximum Gasteiger partial charge on any atom is 0.341 e. The highest BCUT2D eigenvalue weighted by atomic mass is 35.5. The molecule has 0 radical (unpaired) electrons. The molecule has 2 heterocycles. The number of ether oxygens (including phenoxy) is 2. The van der Waals surface area contributed by atoms with Crippen LogP contribution in [0.15, 0.2) is 57.9 Å². The fourth-order valence-electron chi connectivity index (χ4n) is 6.77. The van der Waals surface area contributed by atoms with E-state index in [1.54, 1.807) is 13.2 Å². The number of fused-ring (bicyclic) bond motifs is 3. The number of carbonyl (C=O) groups is 2. The number of benzene rings is 2. The zero-order valence-electron chi connectivity index (χ0n) is 27.2. The number of methoxy groups -OCH3 is 1. The molecule has 0 aromatic heterocycles. The number of hydrogen-bond donors (Lipinski definition) is 1. The van der Waals surface area contributed by atoms with Gasteiger partial charge in [0, 0.05) is 42.6 Å². The van der Waals surface area contributed by atoms with Crippen LogP contribution in [0.5, 0.6) is 5.75 Å². The van der Waals surface area contributed by atoms with Crippen LogP contribution in [0.1, 0.15) is 73.4 Å². The Morgan fingerprint density at radius 1 is 1.15 bits per heavy atom. The van der Waals surface area contributed by atoms with E-state index in [2.05, 4.69) is 43.9 Å². The van der Waals surface area contributed by atoms with E-state index in [-0.39, 0.29) is 23.8 Å².